The SMILES string of the molecule is O=C(c1cccc(F)c1)N1CC(Oc2ccc(-c3noc(-c4ccncc4)n3)cc2)C1. The predicted molar refractivity (Wildman–Crippen MR) is 110 cm³/mol. The first kappa shape index (κ1) is 18.9. The number of hydrogen-bond donors (Lipinski definition) is 0. The number of halogens is 1. The van der Waals surface area contributed by atoms with Gasteiger partial charge in [-0.05, 0) is 54.6 Å². The van der Waals surface area contributed by atoms with Crippen molar-refractivity contribution in [1.82, 2.24) is 20.0 Å². The van der Waals surface area contributed by atoms with Gasteiger partial charge in [0.05, 0.1) is 13.1 Å². The molecule has 8 heteroatoms. The zero-order valence-corrected chi connectivity index (χ0v) is 16.3. The quantitative estimate of drug-likeness (QED) is 0.492. The molecule has 3 heterocycles. The Morgan fingerprint density at radius 2 is 1.81 bits per heavy atom. The highest BCUT2D eigenvalue weighted by atomic mass is 19.1. The van der Waals surface area contributed by atoms with Crippen molar-refractivity contribution in [3.8, 4) is 28.6 Å². The molecule has 0 atom stereocenters. The third-order valence-electron chi connectivity index (χ3n) is 4.98. The second-order valence-electron chi connectivity index (χ2n) is 7.14. The number of carbonyl (C=O) groups is 1. The van der Waals surface area contributed by atoms with Gasteiger partial charge in [-0.25, -0.2) is 4.39 Å². The lowest BCUT2D eigenvalue weighted by molar-refractivity contribution is 0.0177. The molecule has 0 radical (unpaired) electrons. The van der Waals surface area contributed by atoms with Crippen molar-refractivity contribution >= 4 is 5.91 Å². The number of hydrogen-bond acceptors (Lipinski definition) is 6. The lowest BCUT2D eigenvalue weighted by atomic mass is 10.1. The van der Waals surface area contributed by atoms with Crippen LogP contribution in [0.3, 0.4) is 0 Å². The van der Waals surface area contributed by atoms with Gasteiger partial charge >= 0.3 is 0 Å². The fourth-order valence-electron chi connectivity index (χ4n) is 3.31. The molecule has 1 aliphatic rings. The van der Waals surface area contributed by atoms with E-state index in [2.05, 4.69) is 15.1 Å². The summed E-state index contributed by atoms with van der Waals surface area (Å²) < 4.78 is 24.5. The summed E-state index contributed by atoms with van der Waals surface area (Å²) in [6, 6.07) is 16.7. The average molecular weight is 416 g/mol. The van der Waals surface area contributed by atoms with Crippen LogP contribution in [0.15, 0.2) is 77.6 Å². The second kappa shape index (κ2) is 7.98. The summed E-state index contributed by atoms with van der Waals surface area (Å²) in [6.07, 6.45) is 3.23. The number of ether oxygens (including phenoxy) is 1. The minimum absolute atomic E-state index is 0.105. The van der Waals surface area contributed by atoms with Crippen LogP contribution < -0.4 is 4.74 Å². The molecular weight excluding hydrogens is 399 g/mol. The summed E-state index contributed by atoms with van der Waals surface area (Å²) in [5, 5.41) is 4.03. The topological polar surface area (TPSA) is 81.4 Å². The van der Waals surface area contributed by atoms with Crippen LogP contribution in [0.2, 0.25) is 0 Å². The van der Waals surface area contributed by atoms with E-state index in [-0.39, 0.29) is 12.0 Å². The molecule has 2 aromatic heterocycles. The van der Waals surface area contributed by atoms with Gasteiger partial charge in [0.25, 0.3) is 11.8 Å². The molecule has 1 fully saturated rings. The molecular formula is C23H17FN4O3. The molecule has 5 rings (SSSR count). The predicted octanol–water partition coefficient (Wildman–Crippen LogP) is 3.84. The molecule has 0 spiro atoms. The van der Waals surface area contributed by atoms with Gasteiger partial charge in [0.2, 0.25) is 5.82 Å². The molecule has 0 N–H and O–H groups in total. The third-order valence-corrected chi connectivity index (χ3v) is 4.98. The first-order valence-corrected chi connectivity index (χ1v) is 9.72. The van der Waals surface area contributed by atoms with E-state index in [4.69, 9.17) is 9.26 Å². The van der Waals surface area contributed by atoms with Crippen LogP contribution in [0.4, 0.5) is 4.39 Å². The number of benzene rings is 2. The van der Waals surface area contributed by atoms with Crippen LogP contribution in [0.1, 0.15) is 10.4 Å². The molecule has 2 aromatic carbocycles. The van der Waals surface area contributed by atoms with Crippen molar-refractivity contribution in [1.29, 1.82) is 0 Å². The van der Waals surface area contributed by atoms with Crippen molar-refractivity contribution in [2.45, 2.75) is 6.10 Å². The smallest absolute Gasteiger partial charge is 0.258 e. The lowest BCUT2D eigenvalue weighted by Crippen LogP contribution is -2.56. The summed E-state index contributed by atoms with van der Waals surface area (Å²) >= 11 is 0. The summed E-state index contributed by atoms with van der Waals surface area (Å²) in [6.45, 7) is 0.911. The van der Waals surface area contributed by atoms with Crippen LogP contribution in [0, 0.1) is 5.82 Å². The normalized spacial score (nSPS) is 13.6. The summed E-state index contributed by atoms with van der Waals surface area (Å²) in [7, 11) is 0. The van der Waals surface area contributed by atoms with Crippen molar-refractivity contribution in [2.75, 3.05) is 13.1 Å². The molecule has 0 unspecified atom stereocenters. The highest BCUT2D eigenvalue weighted by molar-refractivity contribution is 5.94. The first-order valence-electron chi connectivity index (χ1n) is 9.72. The number of pyridine rings is 1. The van der Waals surface area contributed by atoms with E-state index < -0.39 is 5.82 Å². The molecule has 0 saturated carbocycles. The van der Waals surface area contributed by atoms with Crippen LogP contribution in [-0.4, -0.2) is 45.1 Å². The molecule has 4 aromatic rings. The number of rotatable bonds is 5. The Morgan fingerprint density at radius 3 is 2.55 bits per heavy atom. The summed E-state index contributed by atoms with van der Waals surface area (Å²) in [5.74, 6) is 0.971. The Labute approximate surface area is 177 Å². The average Bonchev–Trinajstić information content (AvgIpc) is 3.27. The number of carbonyl (C=O) groups excluding carboxylic acids is 1. The van der Waals surface area contributed by atoms with E-state index >= 15 is 0 Å². The Bertz CT molecular complexity index is 1200. The van der Waals surface area contributed by atoms with Crippen LogP contribution in [0.5, 0.6) is 5.75 Å². The Balaban J connectivity index is 1.18. The van der Waals surface area contributed by atoms with E-state index in [0.717, 1.165) is 11.1 Å². The van der Waals surface area contributed by atoms with Gasteiger partial charge in [0.1, 0.15) is 17.7 Å². The van der Waals surface area contributed by atoms with Crippen LogP contribution in [-0.2, 0) is 0 Å². The minimum Gasteiger partial charge on any atom is -0.487 e. The largest absolute Gasteiger partial charge is 0.487 e. The minimum atomic E-state index is -0.422. The number of likely N-dealkylation sites (tertiary alicyclic amines) is 1. The van der Waals surface area contributed by atoms with Gasteiger partial charge < -0.3 is 14.2 Å². The van der Waals surface area contributed by atoms with Crippen LogP contribution in [0.25, 0.3) is 22.8 Å². The fourth-order valence-corrected chi connectivity index (χ4v) is 3.31. The Kier molecular flexibility index (Phi) is 4.87. The Morgan fingerprint density at radius 1 is 1.03 bits per heavy atom. The van der Waals surface area contributed by atoms with Gasteiger partial charge in [-0.3, -0.25) is 9.78 Å². The molecule has 31 heavy (non-hydrogen) atoms. The summed E-state index contributed by atoms with van der Waals surface area (Å²) in [4.78, 5) is 22.4. The van der Waals surface area contributed by atoms with Crippen LogP contribution >= 0.6 is 0 Å². The number of nitrogens with zero attached hydrogens (tertiary/aromatic N) is 4. The molecule has 7 nitrogen and oxygen atoms in total. The van der Waals surface area contributed by atoms with Crippen molar-refractivity contribution in [3.05, 3.63) is 84.4 Å². The Hall–Kier alpha value is -4.07. The molecule has 1 amide bonds. The molecule has 1 aliphatic heterocycles. The van der Waals surface area contributed by atoms with E-state index in [1.54, 1.807) is 35.5 Å². The monoisotopic (exact) mass is 416 g/mol. The van der Waals surface area contributed by atoms with E-state index in [1.807, 2.05) is 24.3 Å². The third kappa shape index (κ3) is 4.00. The maximum Gasteiger partial charge on any atom is 0.258 e. The van der Waals surface area contributed by atoms with Crippen molar-refractivity contribution < 1.29 is 18.4 Å². The molecule has 1 saturated heterocycles. The lowest BCUT2D eigenvalue weighted by Gasteiger charge is -2.39. The van der Waals surface area contributed by atoms with Gasteiger partial charge in [-0.1, -0.05) is 11.2 Å². The molecule has 0 aliphatic carbocycles. The van der Waals surface area contributed by atoms with Gasteiger partial charge in [0.15, 0.2) is 0 Å². The maximum absolute atomic E-state index is 13.3. The van der Waals surface area contributed by atoms with E-state index in [0.29, 0.717) is 36.1 Å². The molecule has 154 valence electrons. The van der Waals surface area contributed by atoms with E-state index in [1.165, 1.54) is 18.2 Å². The van der Waals surface area contributed by atoms with Crippen molar-refractivity contribution in [3.63, 3.8) is 0 Å². The first-order chi connectivity index (χ1) is 15.2. The highest BCUT2D eigenvalue weighted by Gasteiger charge is 2.33. The fraction of sp³-hybridized carbons (Fsp3) is 0.130. The molecule has 0 bridgehead atoms. The second-order valence-corrected chi connectivity index (χ2v) is 7.14. The number of amides is 1. The zero-order chi connectivity index (χ0) is 21.2. The zero-order valence-electron chi connectivity index (χ0n) is 16.3. The van der Waals surface area contributed by atoms with Gasteiger partial charge in [-0.15, -0.1) is 0 Å². The van der Waals surface area contributed by atoms with Gasteiger partial charge in [-0.2, -0.15) is 4.98 Å². The van der Waals surface area contributed by atoms with Crippen molar-refractivity contribution in [2.24, 2.45) is 0 Å². The number of aromatic nitrogens is 3. The van der Waals surface area contributed by atoms with E-state index in [9.17, 15) is 9.18 Å². The summed E-state index contributed by atoms with van der Waals surface area (Å²) in [5.41, 5.74) is 1.94. The maximum atomic E-state index is 13.3. The standard InChI is InChI=1S/C23H17FN4O3/c24-18-3-1-2-17(12-18)23(29)28-13-20(14-28)30-19-6-4-15(5-7-19)21-26-22(31-27-21)16-8-10-25-11-9-16/h1-12,20H,13-14H2. The van der Waals surface area contributed by atoms with Gasteiger partial charge in [0, 0.05) is 29.1 Å². The highest BCUT2D eigenvalue weighted by Crippen LogP contribution is 2.25.